The van der Waals surface area contributed by atoms with E-state index in [9.17, 15) is 14.0 Å². The molecule has 0 aliphatic heterocycles. The van der Waals surface area contributed by atoms with E-state index in [0.717, 1.165) is 5.56 Å². The van der Waals surface area contributed by atoms with Crippen LogP contribution in [0.25, 0.3) is 0 Å². The van der Waals surface area contributed by atoms with Gasteiger partial charge in [-0.15, -0.1) is 0 Å². The van der Waals surface area contributed by atoms with Gasteiger partial charge in [0.15, 0.2) is 0 Å². The topological polar surface area (TPSA) is 72.9 Å². The molecular formula is C16H24FN3O3. The molecule has 1 atom stereocenters. The van der Waals surface area contributed by atoms with Crippen LogP contribution in [0.15, 0.2) is 24.3 Å². The fourth-order valence-corrected chi connectivity index (χ4v) is 2.05. The molecule has 0 radical (unpaired) electrons. The molecular weight excluding hydrogens is 301 g/mol. The third kappa shape index (κ3) is 6.23. The minimum Gasteiger partial charge on any atom is -0.396 e. The predicted molar refractivity (Wildman–Crippen MR) is 85.2 cm³/mol. The molecule has 0 saturated carbocycles. The second-order valence-corrected chi connectivity index (χ2v) is 5.53. The van der Waals surface area contributed by atoms with Gasteiger partial charge in [-0.25, -0.2) is 9.18 Å². The molecule has 0 heterocycles. The Morgan fingerprint density at radius 2 is 1.87 bits per heavy atom. The SMILES string of the molecule is C[C@H](NC(=O)N(CCCO)Cc1ccc(F)cc1)C(=O)N(C)C. The predicted octanol–water partition coefficient (Wildman–Crippen LogP) is 1.20. The Morgan fingerprint density at radius 3 is 2.39 bits per heavy atom. The third-order valence-electron chi connectivity index (χ3n) is 3.31. The monoisotopic (exact) mass is 325 g/mol. The lowest BCUT2D eigenvalue weighted by Crippen LogP contribution is -2.49. The zero-order valence-corrected chi connectivity index (χ0v) is 13.8. The summed E-state index contributed by atoms with van der Waals surface area (Å²) in [6.07, 6.45) is 0.421. The van der Waals surface area contributed by atoms with Crippen molar-refractivity contribution in [2.24, 2.45) is 0 Å². The average molecular weight is 325 g/mol. The number of urea groups is 1. The van der Waals surface area contributed by atoms with E-state index < -0.39 is 12.1 Å². The molecule has 0 bridgehead atoms. The second kappa shape index (κ2) is 9.09. The third-order valence-corrected chi connectivity index (χ3v) is 3.31. The minimum atomic E-state index is -0.651. The zero-order chi connectivity index (χ0) is 17.4. The highest BCUT2D eigenvalue weighted by molar-refractivity contribution is 5.86. The van der Waals surface area contributed by atoms with E-state index >= 15 is 0 Å². The molecule has 2 N–H and O–H groups in total. The molecule has 6 nitrogen and oxygen atoms in total. The Hall–Kier alpha value is -2.15. The Labute approximate surface area is 135 Å². The summed E-state index contributed by atoms with van der Waals surface area (Å²) in [6.45, 7) is 2.18. The maximum atomic E-state index is 13.0. The van der Waals surface area contributed by atoms with E-state index in [1.807, 2.05) is 0 Å². The quantitative estimate of drug-likeness (QED) is 0.791. The van der Waals surface area contributed by atoms with Gasteiger partial charge in [0.2, 0.25) is 5.91 Å². The number of aliphatic hydroxyl groups is 1. The zero-order valence-electron chi connectivity index (χ0n) is 13.8. The largest absolute Gasteiger partial charge is 0.396 e. The summed E-state index contributed by atoms with van der Waals surface area (Å²) in [7, 11) is 3.24. The summed E-state index contributed by atoms with van der Waals surface area (Å²) in [5.41, 5.74) is 0.770. The number of benzene rings is 1. The molecule has 1 aromatic rings. The lowest BCUT2D eigenvalue weighted by Gasteiger charge is -2.26. The molecule has 1 aromatic carbocycles. The Balaban J connectivity index is 2.73. The Bertz CT molecular complexity index is 520. The maximum Gasteiger partial charge on any atom is 0.318 e. The van der Waals surface area contributed by atoms with Crippen LogP contribution in [0.5, 0.6) is 0 Å². The van der Waals surface area contributed by atoms with Crippen LogP contribution in [0, 0.1) is 5.82 Å². The first-order valence-electron chi connectivity index (χ1n) is 7.47. The van der Waals surface area contributed by atoms with Crippen LogP contribution >= 0.6 is 0 Å². The van der Waals surface area contributed by atoms with Gasteiger partial charge < -0.3 is 20.2 Å². The van der Waals surface area contributed by atoms with E-state index in [1.54, 1.807) is 33.2 Å². The lowest BCUT2D eigenvalue weighted by atomic mass is 10.2. The standard InChI is InChI=1S/C16H24FN3O3/c1-12(15(22)19(2)3)18-16(23)20(9-4-10-21)11-13-5-7-14(17)8-6-13/h5-8,12,21H,4,9-11H2,1-3H3,(H,18,23)/t12-/m0/s1. The number of rotatable bonds is 7. The van der Waals surface area contributed by atoms with Gasteiger partial charge in [-0.1, -0.05) is 12.1 Å². The number of likely N-dealkylation sites (N-methyl/N-ethyl adjacent to an activating group) is 1. The van der Waals surface area contributed by atoms with E-state index in [1.165, 1.54) is 21.9 Å². The van der Waals surface area contributed by atoms with Crippen molar-refractivity contribution in [3.8, 4) is 0 Å². The number of hydrogen-bond donors (Lipinski definition) is 2. The van der Waals surface area contributed by atoms with E-state index in [2.05, 4.69) is 5.32 Å². The molecule has 128 valence electrons. The second-order valence-electron chi connectivity index (χ2n) is 5.53. The van der Waals surface area contributed by atoms with Crippen LogP contribution in [0.4, 0.5) is 9.18 Å². The molecule has 0 saturated heterocycles. The van der Waals surface area contributed by atoms with Crippen molar-refractivity contribution < 1.29 is 19.1 Å². The molecule has 0 unspecified atom stereocenters. The van der Waals surface area contributed by atoms with Gasteiger partial charge in [0, 0.05) is 33.8 Å². The Morgan fingerprint density at radius 1 is 1.26 bits per heavy atom. The highest BCUT2D eigenvalue weighted by Crippen LogP contribution is 2.08. The number of carbonyl (C=O) groups excluding carboxylic acids is 2. The molecule has 0 fully saturated rings. The van der Waals surface area contributed by atoms with Gasteiger partial charge in [-0.3, -0.25) is 4.79 Å². The molecule has 0 aromatic heterocycles. The van der Waals surface area contributed by atoms with Gasteiger partial charge in [0.1, 0.15) is 11.9 Å². The van der Waals surface area contributed by atoms with Crippen molar-refractivity contribution in [2.45, 2.75) is 25.9 Å². The highest BCUT2D eigenvalue weighted by Gasteiger charge is 2.21. The molecule has 0 aliphatic rings. The summed E-state index contributed by atoms with van der Waals surface area (Å²) in [6, 6.07) is 4.81. The van der Waals surface area contributed by atoms with Gasteiger partial charge in [-0.2, -0.15) is 0 Å². The lowest BCUT2D eigenvalue weighted by molar-refractivity contribution is -0.130. The van der Waals surface area contributed by atoms with Crippen LogP contribution < -0.4 is 5.32 Å². The smallest absolute Gasteiger partial charge is 0.318 e. The number of hydrogen-bond acceptors (Lipinski definition) is 3. The van der Waals surface area contributed by atoms with Crippen molar-refractivity contribution in [2.75, 3.05) is 27.2 Å². The number of amides is 3. The van der Waals surface area contributed by atoms with Crippen molar-refractivity contribution >= 4 is 11.9 Å². The summed E-state index contributed by atoms with van der Waals surface area (Å²) in [5.74, 6) is -0.549. The summed E-state index contributed by atoms with van der Waals surface area (Å²) < 4.78 is 13.0. The normalized spacial score (nSPS) is 11.7. The van der Waals surface area contributed by atoms with E-state index in [0.29, 0.717) is 13.0 Å². The summed E-state index contributed by atoms with van der Waals surface area (Å²) in [5, 5.41) is 11.6. The molecule has 23 heavy (non-hydrogen) atoms. The first-order valence-corrected chi connectivity index (χ1v) is 7.47. The van der Waals surface area contributed by atoms with E-state index in [4.69, 9.17) is 5.11 Å². The molecule has 3 amide bonds. The van der Waals surface area contributed by atoms with Crippen LogP contribution in [-0.4, -0.2) is 60.1 Å². The van der Waals surface area contributed by atoms with Gasteiger partial charge in [0.25, 0.3) is 0 Å². The van der Waals surface area contributed by atoms with Crippen LogP contribution in [0.1, 0.15) is 18.9 Å². The van der Waals surface area contributed by atoms with Crippen molar-refractivity contribution in [3.05, 3.63) is 35.6 Å². The van der Waals surface area contributed by atoms with Gasteiger partial charge >= 0.3 is 6.03 Å². The number of nitrogens with zero attached hydrogens (tertiary/aromatic N) is 2. The van der Waals surface area contributed by atoms with Crippen LogP contribution in [0.2, 0.25) is 0 Å². The van der Waals surface area contributed by atoms with Gasteiger partial charge in [-0.05, 0) is 31.0 Å². The first-order chi connectivity index (χ1) is 10.8. The summed E-state index contributed by atoms with van der Waals surface area (Å²) in [4.78, 5) is 27.1. The first kappa shape index (κ1) is 18.9. The van der Waals surface area contributed by atoms with Crippen LogP contribution in [0.3, 0.4) is 0 Å². The van der Waals surface area contributed by atoms with Crippen molar-refractivity contribution in [3.63, 3.8) is 0 Å². The minimum absolute atomic E-state index is 0.0423. The molecule has 7 heteroatoms. The van der Waals surface area contributed by atoms with Gasteiger partial charge in [0.05, 0.1) is 0 Å². The number of aliphatic hydroxyl groups excluding tert-OH is 1. The van der Waals surface area contributed by atoms with Crippen LogP contribution in [-0.2, 0) is 11.3 Å². The Kier molecular flexibility index (Phi) is 7.47. The van der Waals surface area contributed by atoms with Crippen molar-refractivity contribution in [1.82, 2.24) is 15.1 Å². The molecule has 0 aliphatic carbocycles. The summed E-state index contributed by atoms with van der Waals surface area (Å²) >= 11 is 0. The number of halogens is 1. The molecule has 0 spiro atoms. The number of carbonyl (C=O) groups is 2. The van der Waals surface area contributed by atoms with Crippen molar-refractivity contribution in [1.29, 1.82) is 0 Å². The number of nitrogens with one attached hydrogen (secondary N) is 1. The fraction of sp³-hybridized carbons (Fsp3) is 0.500. The maximum absolute atomic E-state index is 13.0. The molecule has 1 rings (SSSR count). The highest BCUT2D eigenvalue weighted by atomic mass is 19.1. The average Bonchev–Trinajstić information content (AvgIpc) is 2.52. The van der Waals surface area contributed by atoms with E-state index in [-0.39, 0.29) is 24.9 Å². The fourth-order valence-electron chi connectivity index (χ4n) is 2.05.